The second-order valence-corrected chi connectivity index (χ2v) is 8.75. The largest absolute Gasteiger partial charge is 0.489 e. The number of anilines is 1. The van der Waals surface area contributed by atoms with Gasteiger partial charge in [0.15, 0.2) is 0 Å². The highest BCUT2D eigenvalue weighted by atomic mass is 32.2. The van der Waals surface area contributed by atoms with E-state index in [4.69, 9.17) is 9.88 Å². The number of thiophene rings is 1. The third-order valence-electron chi connectivity index (χ3n) is 3.64. The van der Waals surface area contributed by atoms with Gasteiger partial charge in [-0.2, -0.15) is 0 Å². The molecule has 0 unspecified atom stereocenters. The summed E-state index contributed by atoms with van der Waals surface area (Å²) in [6.45, 7) is 0.470. The summed E-state index contributed by atoms with van der Waals surface area (Å²) in [5.74, 6) is 0.462. The lowest BCUT2D eigenvalue weighted by Gasteiger charge is -2.08. The van der Waals surface area contributed by atoms with Crippen LogP contribution in [0.4, 0.5) is 5.69 Å². The normalized spacial score (nSPS) is 11.1. The van der Waals surface area contributed by atoms with Gasteiger partial charge in [-0.1, -0.05) is 30.3 Å². The van der Waals surface area contributed by atoms with Crippen LogP contribution < -0.4 is 15.2 Å². The van der Waals surface area contributed by atoms with Crippen molar-refractivity contribution in [2.24, 2.45) is 5.14 Å². The standard InChI is InChI=1S/C19H18N2O4S2/c20-27(23,24)19-11-10-17(26-19)12-18(22)21-15-6-8-16(9-7-15)25-13-14-4-2-1-3-5-14/h1-11H,12-13H2,(H,21,22)(H2,20,23,24). The molecule has 2 aromatic carbocycles. The number of carbonyl (C=O) groups is 1. The van der Waals surface area contributed by atoms with Crippen LogP contribution in [-0.2, 0) is 27.8 Å². The molecular formula is C19H18N2O4S2. The SMILES string of the molecule is NS(=O)(=O)c1ccc(CC(=O)Nc2ccc(OCc3ccccc3)cc2)s1. The van der Waals surface area contributed by atoms with Crippen LogP contribution in [0.1, 0.15) is 10.4 Å². The molecule has 1 aromatic heterocycles. The molecule has 6 nitrogen and oxygen atoms in total. The number of amides is 1. The Morgan fingerprint density at radius 3 is 2.33 bits per heavy atom. The van der Waals surface area contributed by atoms with E-state index in [1.54, 1.807) is 30.3 Å². The van der Waals surface area contributed by atoms with Gasteiger partial charge in [0.2, 0.25) is 15.9 Å². The van der Waals surface area contributed by atoms with Crippen molar-refractivity contribution in [2.75, 3.05) is 5.32 Å². The fourth-order valence-electron chi connectivity index (χ4n) is 2.34. The van der Waals surface area contributed by atoms with Gasteiger partial charge >= 0.3 is 0 Å². The summed E-state index contributed by atoms with van der Waals surface area (Å²) < 4.78 is 28.3. The van der Waals surface area contributed by atoms with Crippen LogP contribution in [0, 0.1) is 0 Å². The number of sulfonamides is 1. The Morgan fingerprint density at radius 2 is 1.70 bits per heavy atom. The predicted octanol–water partition coefficient (Wildman–Crippen LogP) is 3.16. The van der Waals surface area contributed by atoms with E-state index in [1.807, 2.05) is 30.3 Å². The number of nitrogens with one attached hydrogen (secondary N) is 1. The van der Waals surface area contributed by atoms with E-state index in [0.717, 1.165) is 16.9 Å². The van der Waals surface area contributed by atoms with E-state index in [1.165, 1.54) is 6.07 Å². The minimum Gasteiger partial charge on any atom is -0.489 e. The second-order valence-electron chi connectivity index (χ2n) is 5.79. The lowest BCUT2D eigenvalue weighted by atomic mass is 10.2. The molecule has 3 N–H and O–H groups in total. The van der Waals surface area contributed by atoms with E-state index in [-0.39, 0.29) is 16.5 Å². The van der Waals surface area contributed by atoms with Crippen LogP contribution in [0.5, 0.6) is 5.75 Å². The van der Waals surface area contributed by atoms with Crippen molar-refractivity contribution < 1.29 is 17.9 Å². The quantitative estimate of drug-likeness (QED) is 0.634. The fourth-order valence-corrected chi connectivity index (χ4v) is 4.12. The average molecular weight is 402 g/mol. The third-order valence-corrected chi connectivity index (χ3v) is 6.16. The topological polar surface area (TPSA) is 98.5 Å². The van der Waals surface area contributed by atoms with Crippen LogP contribution in [-0.4, -0.2) is 14.3 Å². The molecule has 0 radical (unpaired) electrons. The van der Waals surface area contributed by atoms with Crippen LogP contribution >= 0.6 is 11.3 Å². The summed E-state index contributed by atoms with van der Waals surface area (Å²) in [6, 6.07) is 19.9. The summed E-state index contributed by atoms with van der Waals surface area (Å²) in [5.41, 5.74) is 1.71. The first-order valence-corrected chi connectivity index (χ1v) is 10.4. The Morgan fingerprint density at radius 1 is 1.00 bits per heavy atom. The molecular weight excluding hydrogens is 384 g/mol. The van der Waals surface area contributed by atoms with E-state index in [2.05, 4.69) is 5.32 Å². The first-order chi connectivity index (χ1) is 12.9. The summed E-state index contributed by atoms with van der Waals surface area (Å²) in [6.07, 6.45) is 0.0758. The lowest BCUT2D eigenvalue weighted by molar-refractivity contribution is -0.115. The lowest BCUT2D eigenvalue weighted by Crippen LogP contribution is -2.13. The van der Waals surface area contributed by atoms with Crippen molar-refractivity contribution in [3.8, 4) is 5.75 Å². The number of nitrogens with two attached hydrogens (primary N) is 1. The molecule has 1 heterocycles. The molecule has 0 atom stereocenters. The number of ether oxygens (including phenoxy) is 1. The maximum atomic E-state index is 12.1. The molecule has 0 bridgehead atoms. The maximum absolute atomic E-state index is 12.1. The summed E-state index contributed by atoms with van der Waals surface area (Å²) in [5, 5.41) is 7.84. The number of benzene rings is 2. The van der Waals surface area contributed by atoms with Gasteiger partial charge in [-0.05, 0) is 42.0 Å². The average Bonchev–Trinajstić information content (AvgIpc) is 3.11. The highest BCUT2D eigenvalue weighted by Crippen LogP contribution is 2.22. The Kier molecular flexibility index (Phi) is 5.90. The highest BCUT2D eigenvalue weighted by Gasteiger charge is 2.13. The molecule has 0 saturated carbocycles. The molecule has 0 saturated heterocycles. The summed E-state index contributed by atoms with van der Waals surface area (Å²) >= 11 is 0.992. The molecule has 8 heteroatoms. The van der Waals surface area contributed by atoms with Crippen LogP contribution in [0.3, 0.4) is 0 Å². The minimum absolute atomic E-state index is 0.0465. The van der Waals surface area contributed by atoms with Crippen molar-refractivity contribution in [3.05, 3.63) is 77.2 Å². The number of primary sulfonamides is 1. The zero-order valence-corrected chi connectivity index (χ0v) is 15.9. The Balaban J connectivity index is 1.53. The van der Waals surface area contributed by atoms with Crippen molar-refractivity contribution in [1.82, 2.24) is 0 Å². The van der Waals surface area contributed by atoms with Crippen molar-refractivity contribution >= 4 is 33.0 Å². The van der Waals surface area contributed by atoms with Gasteiger partial charge in [-0.15, -0.1) is 11.3 Å². The van der Waals surface area contributed by atoms with Gasteiger partial charge in [0.1, 0.15) is 16.6 Å². The highest BCUT2D eigenvalue weighted by molar-refractivity contribution is 7.91. The molecule has 3 rings (SSSR count). The maximum Gasteiger partial charge on any atom is 0.247 e. The Labute approximate surface area is 161 Å². The van der Waals surface area contributed by atoms with Gasteiger partial charge < -0.3 is 10.1 Å². The monoisotopic (exact) mass is 402 g/mol. The minimum atomic E-state index is -3.73. The smallest absolute Gasteiger partial charge is 0.247 e. The zero-order chi connectivity index (χ0) is 19.3. The molecule has 0 fully saturated rings. The van der Waals surface area contributed by atoms with Crippen molar-refractivity contribution in [1.29, 1.82) is 0 Å². The van der Waals surface area contributed by atoms with Gasteiger partial charge in [0, 0.05) is 10.6 Å². The molecule has 0 spiro atoms. The van der Waals surface area contributed by atoms with E-state index >= 15 is 0 Å². The Hall–Kier alpha value is -2.68. The van der Waals surface area contributed by atoms with Gasteiger partial charge in [0.25, 0.3) is 0 Å². The van der Waals surface area contributed by atoms with Gasteiger partial charge in [0.05, 0.1) is 6.42 Å². The molecule has 3 aromatic rings. The molecule has 140 valence electrons. The molecule has 1 amide bonds. The van der Waals surface area contributed by atoms with E-state index in [9.17, 15) is 13.2 Å². The number of hydrogen-bond donors (Lipinski definition) is 2. The van der Waals surface area contributed by atoms with Crippen LogP contribution in [0.15, 0.2) is 70.9 Å². The molecule has 0 aliphatic heterocycles. The third kappa shape index (κ3) is 5.65. The van der Waals surface area contributed by atoms with Gasteiger partial charge in [-0.3, -0.25) is 4.79 Å². The van der Waals surface area contributed by atoms with E-state index in [0.29, 0.717) is 22.9 Å². The van der Waals surface area contributed by atoms with Crippen LogP contribution in [0.25, 0.3) is 0 Å². The van der Waals surface area contributed by atoms with Gasteiger partial charge in [-0.25, -0.2) is 13.6 Å². The number of hydrogen-bond acceptors (Lipinski definition) is 5. The molecule has 27 heavy (non-hydrogen) atoms. The molecule has 0 aliphatic carbocycles. The summed E-state index contributed by atoms with van der Waals surface area (Å²) in [7, 11) is -3.73. The summed E-state index contributed by atoms with van der Waals surface area (Å²) in [4.78, 5) is 12.7. The Bertz CT molecular complexity index is 1010. The van der Waals surface area contributed by atoms with E-state index < -0.39 is 10.0 Å². The number of carbonyl (C=O) groups excluding carboxylic acids is 1. The zero-order valence-electron chi connectivity index (χ0n) is 14.3. The first-order valence-electron chi connectivity index (χ1n) is 8.08. The number of rotatable bonds is 7. The van der Waals surface area contributed by atoms with Crippen molar-refractivity contribution in [3.63, 3.8) is 0 Å². The second kappa shape index (κ2) is 8.34. The fraction of sp³-hybridized carbons (Fsp3) is 0.105. The predicted molar refractivity (Wildman–Crippen MR) is 105 cm³/mol. The first kappa shape index (κ1) is 19.1. The van der Waals surface area contributed by atoms with Crippen molar-refractivity contribution in [2.45, 2.75) is 17.2 Å². The van der Waals surface area contributed by atoms with Crippen LogP contribution in [0.2, 0.25) is 0 Å². The molecule has 0 aliphatic rings.